The molecule has 4 rings (SSSR count). The molecular formula is C29H32N2O4. The van der Waals surface area contributed by atoms with Crippen molar-refractivity contribution in [3.8, 4) is 0 Å². The molecular weight excluding hydrogens is 440 g/mol. The van der Waals surface area contributed by atoms with E-state index in [1.165, 1.54) is 0 Å². The Bertz CT molecular complexity index is 1160. The number of fused-ring (bicyclic) bond motifs is 1. The summed E-state index contributed by atoms with van der Waals surface area (Å²) in [5.41, 5.74) is 2.83. The van der Waals surface area contributed by atoms with Gasteiger partial charge in [0.05, 0.1) is 18.1 Å². The molecule has 2 amide bonds. The molecule has 6 heteroatoms. The van der Waals surface area contributed by atoms with Crippen molar-refractivity contribution < 1.29 is 19.4 Å². The molecule has 1 aliphatic heterocycles. The fourth-order valence-corrected chi connectivity index (χ4v) is 4.96. The highest BCUT2D eigenvalue weighted by Crippen LogP contribution is 2.48. The van der Waals surface area contributed by atoms with Crippen LogP contribution in [0.15, 0.2) is 78.9 Å². The summed E-state index contributed by atoms with van der Waals surface area (Å²) in [5.74, 6) is -0.242. The first kappa shape index (κ1) is 24.6. The molecule has 182 valence electrons. The van der Waals surface area contributed by atoms with E-state index in [1.807, 2.05) is 79.7 Å². The summed E-state index contributed by atoms with van der Waals surface area (Å²) in [4.78, 5) is 29.6. The molecule has 3 aromatic carbocycles. The number of carbonyl (C=O) groups excluding carboxylic acids is 2. The molecule has 0 saturated heterocycles. The van der Waals surface area contributed by atoms with Crippen LogP contribution in [0, 0.1) is 0 Å². The number of methoxy groups -OCH3 is 1. The zero-order valence-corrected chi connectivity index (χ0v) is 20.2. The normalized spacial score (nSPS) is 19.3. The summed E-state index contributed by atoms with van der Waals surface area (Å²) in [6.07, 6.45) is 0.697. The standard InChI is InChI=1S/C29H32N2O4/c1-29(28(34)30-17-8-18-35-2)25-12-7-6-11-24(25)27(33)31(19-21-9-4-3-5-10-21)26(29)23-15-13-22(20-32)14-16-23/h3-7,9-16,26,32H,8,17-20H2,1-2H3,(H,30,34)/t26-,29-/m0/s1. The van der Waals surface area contributed by atoms with Crippen molar-refractivity contribution in [1.29, 1.82) is 0 Å². The lowest BCUT2D eigenvalue weighted by Gasteiger charge is -2.48. The van der Waals surface area contributed by atoms with Crippen LogP contribution in [0.25, 0.3) is 0 Å². The van der Waals surface area contributed by atoms with Crippen LogP contribution in [0.4, 0.5) is 0 Å². The van der Waals surface area contributed by atoms with Gasteiger partial charge in [-0.05, 0) is 41.7 Å². The summed E-state index contributed by atoms with van der Waals surface area (Å²) < 4.78 is 5.14. The second-order valence-electron chi connectivity index (χ2n) is 9.07. The molecule has 0 bridgehead atoms. The van der Waals surface area contributed by atoms with Gasteiger partial charge in [0, 0.05) is 32.4 Å². The maximum absolute atomic E-state index is 13.9. The summed E-state index contributed by atoms with van der Waals surface area (Å²) in [6, 6.07) is 24.2. The van der Waals surface area contributed by atoms with E-state index in [1.54, 1.807) is 18.1 Å². The van der Waals surface area contributed by atoms with Crippen molar-refractivity contribution in [2.45, 2.75) is 38.0 Å². The Balaban J connectivity index is 1.85. The highest BCUT2D eigenvalue weighted by Gasteiger charge is 2.53. The third-order valence-corrected chi connectivity index (χ3v) is 6.79. The molecule has 6 nitrogen and oxygen atoms in total. The average Bonchev–Trinajstić information content (AvgIpc) is 2.90. The minimum Gasteiger partial charge on any atom is -0.392 e. The fraction of sp³-hybridized carbons (Fsp3) is 0.310. The van der Waals surface area contributed by atoms with Crippen molar-refractivity contribution in [1.82, 2.24) is 10.2 Å². The van der Waals surface area contributed by atoms with Crippen molar-refractivity contribution in [2.75, 3.05) is 20.3 Å². The predicted octanol–water partition coefficient (Wildman–Crippen LogP) is 3.99. The first-order valence-electron chi connectivity index (χ1n) is 11.9. The van der Waals surface area contributed by atoms with Gasteiger partial charge in [-0.3, -0.25) is 9.59 Å². The molecule has 0 aromatic heterocycles. The molecule has 35 heavy (non-hydrogen) atoms. The van der Waals surface area contributed by atoms with E-state index in [2.05, 4.69) is 5.32 Å². The van der Waals surface area contributed by atoms with Gasteiger partial charge in [-0.2, -0.15) is 0 Å². The number of carbonyl (C=O) groups is 2. The molecule has 2 N–H and O–H groups in total. The van der Waals surface area contributed by atoms with E-state index in [4.69, 9.17) is 4.74 Å². The van der Waals surface area contributed by atoms with Crippen molar-refractivity contribution in [2.24, 2.45) is 0 Å². The quantitative estimate of drug-likeness (QED) is 0.462. The highest BCUT2D eigenvalue weighted by atomic mass is 16.5. The van der Waals surface area contributed by atoms with Crippen LogP contribution in [0.1, 0.15) is 52.0 Å². The van der Waals surface area contributed by atoms with Gasteiger partial charge in [0.15, 0.2) is 0 Å². The number of nitrogens with zero attached hydrogens (tertiary/aromatic N) is 1. The average molecular weight is 473 g/mol. The number of aliphatic hydroxyl groups excluding tert-OH is 1. The lowest BCUT2D eigenvalue weighted by atomic mass is 9.67. The molecule has 1 heterocycles. The van der Waals surface area contributed by atoms with E-state index in [9.17, 15) is 14.7 Å². The molecule has 0 saturated carbocycles. The first-order valence-corrected chi connectivity index (χ1v) is 11.9. The van der Waals surface area contributed by atoms with Crippen molar-refractivity contribution in [3.63, 3.8) is 0 Å². The number of aliphatic hydroxyl groups is 1. The van der Waals surface area contributed by atoms with Gasteiger partial charge in [-0.1, -0.05) is 72.8 Å². The third-order valence-electron chi connectivity index (χ3n) is 6.79. The van der Waals surface area contributed by atoms with E-state index >= 15 is 0 Å². The summed E-state index contributed by atoms with van der Waals surface area (Å²) >= 11 is 0. The molecule has 0 spiro atoms. The van der Waals surface area contributed by atoms with Crippen LogP contribution in [0.3, 0.4) is 0 Å². The van der Waals surface area contributed by atoms with Crippen molar-refractivity contribution in [3.05, 3.63) is 107 Å². The zero-order valence-electron chi connectivity index (χ0n) is 20.2. The highest BCUT2D eigenvalue weighted by molar-refractivity contribution is 6.03. The van der Waals surface area contributed by atoms with Crippen LogP contribution >= 0.6 is 0 Å². The second-order valence-corrected chi connectivity index (χ2v) is 9.07. The van der Waals surface area contributed by atoms with E-state index < -0.39 is 11.5 Å². The molecule has 0 unspecified atom stereocenters. The molecule has 3 aromatic rings. The first-order chi connectivity index (χ1) is 17.0. The number of ether oxygens (including phenoxy) is 1. The Hall–Kier alpha value is -3.48. The van der Waals surface area contributed by atoms with Crippen LogP contribution in [0.5, 0.6) is 0 Å². The van der Waals surface area contributed by atoms with Gasteiger partial charge in [0.2, 0.25) is 5.91 Å². The van der Waals surface area contributed by atoms with E-state index in [-0.39, 0.29) is 18.4 Å². The fourth-order valence-electron chi connectivity index (χ4n) is 4.96. The maximum Gasteiger partial charge on any atom is 0.255 e. The summed E-state index contributed by atoms with van der Waals surface area (Å²) in [6.45, 7) is 3.25. The number of rotatable bonds is 9. The van der Waals surface area contributed by atoms with Gasteiger partial charge in [-0.15, -0.1) is 0 Å². The van der Waals surface area contributed by atoms with Crippen LogP contribution in [0.2, 0.25) is 0 Å². The number of benzene rings is 3. The second kappa shape index (κ2) is 10.8. The van der Waals surface area contributed by atoms with Gasteiger partial charge >= 0.3 is 0 Å². The van der Waals surface area contributed by atoms with Crippen LogP contribution < -0.4 is 5.32 Å². The maximum atomic E-state index is 13.9. The minimum absolute atomic E-state index is 0.0717. The SMILES string of the molecule is COCCCNC(=O)[C@@]1(C)c2ccccc2C(=O)N(Cc2ccccc2)[C@H]1c1ccc(CO)cc1. The monoisotopic (exact) mass is 472 g/mol. The number of amides is 2. The smallest absolute Gasteiger partial charge is 0.255 e. The van der Waals surface area contributed by atoms with Crippen LogP contribution in [-0.4, -0.2) is 42.1 Å². The minimum atomic E-state index is -1.03. The zero-order chi connectivity index (χ0) is 24.8. The summed E-state index contributed by atoms with van der Waals surface area (Å²) in [7, 11) is 1.64. The molecule has 0 radical (unpaired) electrons. The van der Waals surface area contributed by atoms with Gasteiger partial charge in [0.25, 0.3) is 5.91 Å². The Kier molecular flexibility index (Phi) is 7.63. The lowest BCUT2D eigenvalue weighted by molar-refractivity contribution is -0.129. The third kappa shape index (κ3) is 4.85. The Morgan fingerprint density at radius 2 is 1.69 bits per heavy atom. The largest absolute Gasteiger partial charge is 0.392 e. The Morgan fingerprint density at radius 1 is 1.00 bits per heavy atom. The molecule has 0 aliphatic carbocycles. The Labute approximate surface area is 206 Å². The number of hydrogen-bond donors (Lipinski definition) is 2. The summed E-state index contributed by atoms with van der Waals surface area (Å²) in [5, 5.41) is 12.6. The van der Waals surface area contributed by atoms with Crippen LogP contribution in [-0.2, 0) is 28.1 Å². The van der Waals surface area contributed by atoms with E-state index in [0.29, 0.717) is 31.7 Å². The molecule has 2 atom stereocenters. The molecule has 1 aliphatic rings. The van der Waals surface area contributed by atoms with Gasteiger partial charge < -0.3 is 20.1 Å². The van der Waals surface area contributed by atoms with E-state index in [0.717, 1.165) is 22.3 Å². The van der Waals surface area contributed by atoms with Crippen molar-refractivity contribution >= 4 is 11.8 Å². The topological polar surface area (TPSA) is 78.9 Å². The van der Waals surface area contributed by atoms with Gasteiger partial charge in [-0.25, -0.2) is 0 Å². The predicted molar refractivity (Wildman–Crippen MR) is 135 cm³/mol. The number of nitrogens with one attached hydrogen (secondary N) is 1. The Morgan fingerprint density at radius 3 is 2.37 bits per heavy atom. The molecule has 0 fully saturated rings. The lowest BCUT2D eigenvalue weighted by Crippen LogP contribution is -2.57. The number of hydrogen-bond acceptors (Lipinski definition) is 4. The van der Waals surface area contributed by atoms with Gasteiger partial charge in [0.1, 0.15) is 0 Å².